The molecule has 1 aliphatic carbocycles. The molecule has 0 fully saturated rings. The molecule has 1 aliphatic rings. The summed E-state index contributed by atoms with van der Waals surface area (Å²) < 4.78 is 4.67. The van der Waals surface area contributed by atoms with E-state index in [-0.39, 0.29) is 5.97 Å². The molecule has 4 heteroatoms. The fourth-order valence-electron chi connectivity index (χ4n) is 2.65. The summed E-state index contributed by atoms with van der Waals surface area (Å²) in [5.41, 5.74) is 5.50. The normalized spacial score (nSPS) is 13.1. The average Bonchev–Trinajstić information content (AvgIpc) is 3.12. The third-order valence-corrected chi connectivity index (χ3v) is 3.73. The highest BCUT2D eigenvalue weighted by atomic mass is 16.5. The largest absolute Gasteiger partial charge is 0.464 e. The standard InChI is InChI=1S/C16H18N2O2/c1-20-16(19)15-8-7-14(18-15)10-17-13-6-5-11-3-2-4-12(11)9-13/h5-9,17-18H,2-4,10H2,1H3. The Hall–Kier alpha value is -2.23. The van der Waals surface area contributed by atoms with Crippen molar-refractivity contribution in [3.63, 3.8) is 0 Å². The average molecular weight is 270 g/mol. The Morgan fingerprint density at radius 2 is 2.10 bits per heavy atom. The first kappa shape index (κ1) is 12.8. The van der Waals surface area contributed by atoms with Crippen LogP contribution in [0.4, 0.5) is 5.69 Å². The van der Waals surface area contributed by atoms with Crippen molar-refractivity contribution in [1.82, 2.24) is 4.98 Å². The molecule has 4 nitrogen and oxygen atoms in total. The maximum atomic E-state index is 11.4. The van der Waals surface area contributed by atoms with Gasteiger partial charge < -0.3 is 15.0 Å². The molecule has 0 aliphatic heterocycles. The van der Waals surface area contributed by atoms with E-state index in [1.54, 1.807) is 6.07 Å². The van der Waals surface area contributed by atoms with Crippen molar-refractivity contribution in [3.8, 4) is 0 Å². The third-order valence-electron chi connectivity index (χ3n) is 3.73. The highest BCUT2D eigenvalue weighted by molar-refractivity contribution is 5.87. The lowest BCUT2D eigenvalue weighted by atomic mass is 10.1. The Labute approximate surface area is 118 Å². The van der Waals surface area contributed by atoms with E-state index in [2.05, 4.69) is 33.2 Å². The van der Waals surface area contributed by atoms with Crippen LogP contribution in [-0.4, -0.2) is 18.1 Å². The molecule has 0 amide bonds. The number of benzene rings is 1. The molecule has 0 atom stereocenters. The van der Waals surface area contributed by atoms with E-state index < -0.39 is 0 Å². The van der Waals surface area contributed by atoms with E-state index in [4.69, 9.17) is 0 Å². The molecule has 104 valence electrons. The molecular formula is C16H18N2O2. The van der Waals surface area contributed by atoms with Crippen LogP contribution in [0.15, 0.2) is 30.3 Å². The van der Waals surface area contributed by atoms with Gasteiger partial charge in [-0.3, -0.25) is 0 Å². The molecule has 2 N–H and O–H groups in total. The van der Waals surface area contributed by atoms with Gasteiger partial charge in [-0.1, -0.05) is 6.07 Å². The van der Waals surface area contributed by atoms with E-state index >= 15 is 0 Å². The fourth-order valence-corrected chi connectivity index (χ4v) is 2.65. The van der Waals surface area contributed by atoms with E-state index in [0.29, 0.717) is 12.2 Å². The summed E-state index contributed by atoms with van der Waals surface area (Å²) >= 11 is 0. The van der Waals surface area contributed by atoms with Crippen LogP contribution in [0.25, 0.3) is 0 Å². The first-order valence-electron chi connectivity index (χ1n) is 6.88. The monoisotopic (exact) mass is 270 g/mol. The lowest BCUT2D eigenvalue weighted by molar-refractivity contribution is 0.0594. The number of nitrogens with one attached hydrogen (secondary N) is 2. The van der Waals surface area contributed by atoms with Gasteiger partial charge in [-0.2, -0.15) is 0 Å². The van der Waals surface area contributed by atoms with Crippen LogP contribution < -0.4 is 5.32 Å². The predicted octanol–water partition coefficient (Wildman–Crippen LogP) is 2.90. The minimum atomic E-state index is -0.339. The summed E-state index contributed by atoms with van der Waals surface area (Å²) in [6.07, 6.45) is 3.65. The summed E-state index contributed by atoms with van der Waals surface area (Å²) in [5, 5.41) is 3.38. The van der Waals surface area contributed by atoms with Crippen LogP contribution >= 0.6 is 0 Å². The number of esters is 1. The summed E-state index contributed by atoms with van der Waals surface area (Å²) in [7, 11) is 1.38. The van der Waals surface area contributed by atoms with Gasteiger partial charge in [0.15, 0.2) is 0 Å². The zero-order chi connectivity index (χ0) is 13.9. The van der Waals surface area contributed by atoms with Crippen molar-refractivity contribution in [1.29, 1.82) is 0 Å². The van der Waals surface area contributed by atoms with Crippen molar-refractivity contribution in [3.05, 3.63) is 52.8 Å². The maximum absolute atomic E-state index is 11.4. The van der Waals surface area contributed by atoms with Crippen molar-refractivity contribution >= 4 is 11.7 Å². The van der Waals surface area contributed by atoms with Gasteiger partial charge in [-0.15, -0.1) is 0 Å². The highest BCUT2D eigenvalue weighted by Crippen LogP contribution is 2.25. The predicted molar refractivity (Wildman–Crippen MR) is 77.9 cm³/mol. The quantitative estimate of drug-likeness (QED) is 0.840. The maximum Gasteiger partial charge on any atom is 0.354 e. The van der Waals surface area contributed by atoms with Crippen molar-refractivity contribution in [2.45, 2.75) is 25.8 Å². The number of aromatic amines is 1. The van der Waals surface area contributed by atoms with E-state index in [1.165, 1.54) is 37.5 Å². The Morgan fingerprint density at radius 3 is 2.95 bits per heavy atom. The van der Waals surface area contributed by atoms with Crippen LogP contribution in [0.2, 0.25) is 0 Å². The zero-order valence-corrected chi connectivity index (χ0v) is 11.5. The van der Waals surface area contributed by atoms with Crippen LogP contribution in [0.5, 0.6) is 0 Å². The number of hydrogen-bond donors (Lipinski definition) is 2. The number of carbonyl (C=O) groups is 1. The van der Waals surface area contributed by atoms with Gasteiger partial charge in [0.25, 0.3) is 0 Å². The van der Waals surface area contributed by atoms with Crippen LogP contribution in [0.1, 0.15) is 33.7 Å². The number of rotatable bonds is 4. The molecular weight excluding hydrogens is 252 g/mol. The molecule has 0 saturated carbocycles. The number of fused-ring (bicyclic) bond motifs is 1. The first-order valence-corrected chi connectivity index (χ1v) is 6.88. The van der Waals surface area contributed by atoms with Gasteiger partial charge >= 0.3 is 5.97 Å². The van der Waals surface area contributed by atoms with Crippen LogP contribution in [0, 0.1) is 0 Å². The van der Waals surface area contributed by atoms with Crippen LogP contribution in [-0.2, 0) is 24.1 Å². The SMILES string of the molecule is COC(=O)c1ccc(CNc2ccc3c(c2)CCC3)[nH]1. The van der Waals surface area contributed by atoms with Gasteiger partial charge in [-0.05, 0) is 54.7 Å². The molecule has 1 aromatic carbocycles. The number of hydrogen-bond acceptors (Lipinski definition) is 3. The fraction of sp³-hybridized carbons (Fsp3) is 0.312. The molecule has 1 aromatic heterocycles. The highest BCUT2D eigenvalue weighted by Gasteiger charge is 2.11. The second kappa shape index (κ2) is 5.41. The van der Waals surface area contributed by atoms with Gasteiger partial charge in [0.2, 0.25) is 0 Å². The Balaban J connectivity index is 1.64. The molecule has 3 rings (SSSR count). The van der Waals surface area contributed by atoms with Gasteiger partial charge in [-0.25, -0.2) is 4.79 Å². The van der Waals surface area contributed by atoms with Gasteiger partial charge in [0, 0.05) is 11.4 Å². The van der Waals surface area contributed by atoms with Crippen molar-refractivity contribution < 1.29 is 9.53 Å². The number of H-pyrrole nitrogens is 1. The summed E-state index contributed by atoms with van der Waals surface area (Å²) in [4.78, 5) is 14.4. The Kier molecular flexibility index (Phi) is 3.46. The number of methoxy groups -OCH3 is 1. The lowest BCUT2D eigenvalue weighted by Gasteiger charge is -2.07. The van der Waals surface area contributed by atoms with E-state index in [9.17, 15) is 4.79 Å². The third kappa shape index (κ3) is 2.54. The summed E-state index contributed by atoms with van der Waals surface area (Å²) in [6, 6.07) is 10.2. The number of ether oxygens (including phenoxy) is 1. The molecule has 20 heavy (non-hydrogen) atoms. The summed E-state index contributed by atoms with van der Waals surface area (Å²) in [5.74, 6) is -0.339. The Bertz CT molecular complexity index is 631. The number of aryl methyl sites for hydroxylation is 2. The van der Waals surface area contributed by atoms with Gasteiger partial charge in [0.1, 0.15) is 5.69 Å². The molecule has 0 bridgehead atoms. The first-order chi connectivity index (χ1) is 9.76. The second-order valence-corrected chi connectivity index (χ2v) is 5.08. The molecule has 1 heterocycles. The molecule has 0 radical (unpaired) electrons. The number of carbonyl (C=O) groups excluding carboxylic acids is 1. The molecule has 0 saturated heterocycles. The summed E-state index contributed by atoms with van der Waals surface area (Å²) in [6.45, 7) is 0.662. The van der Waals surface area contributed by atoms with Crippen molar-refractivity contribution in [2.75, 3.05) is 12.4 Å². The number of anilines is 1. The minimum absolute atomic E-state index is 0.339. The molecule has 0 unspecified atom stereocenters. The van der Waals surface area contributed by atoms with Crippen LogP contribution in [0.3, 0.4) is 0 Å². The second-order valence-electron chi connectivity index (χ2n) is 5.08. The molecule has 2 aromatic rings. The topological polar surface area (TPSA) is 54.1 Å². The smallest absolute Gasteiger partial charge is 0.354 e. The van der Waals surface area contributed by atoms with Crippen molar-refractivity contribution in [2.24, 2.45) is 0 Å². The van der Waals surface area contributed by atoms with Gasteiger partial charge in [0.05, 0.1) is 13.7 Å². The minimum Gasteiger partial charge on any atom is -0.464 e. The lowest BCUT2D eigenvalue weighted by Crippen LogP contribution is -2.04. The van der Waals surface area contributed by atoms with E-state index in [0.717, 1.165) is 11.4 Å². The molecule has 0 spiro atoms. The van der Waals surface area contributed by atoms with E-state index in [1.807, 2.05) is 6.07 Å². The zero-order valence-electron chi connectivity index (χ0n) is 11.5. The Morgan fingerprint density at radius 1 is 1.25 bits per heavy atom. The number of aromatic nitrogens is 1.